The molecular weight excluding hydrogens is 384 g/mol. The Labute approximate surface area is 183 Å². The fourth-order valence-corrected chi connectivity index (χ4v) is 3.82. The third-order valence-corrected chi connectivity index (χ3v) is 5.66. The van der Waals surface area contributed by atoms with Crippen molar-refractivity contribution >= 4 is 28.3 Å². The van der Waals surface area contributed by atoms with E-state index in [1.165, 1.54) is 10.8 Å². The van der Waals surface area contributed by atoms with Crippen molar-refractivity contribution in [3.8, 4) is 0 Å². The quantitative estimate of drug-likeness (QED) is 0.484. The maximum Gasteiger partial charge on any atom is 0.231 e. The van der Waals surface area contributed by atoms with E-state index in [0.717, 1.165) is 23.2 Å². The minimum atomic E-state index is 0.0266. The summed E-state index contributed by atoms with van der Waals surface area (Å²) in [6, 6.07) is 24.5. The van der Waals surface area contributed by atoms with E-state index < -0.39 is 0 Å². The summed E-state index contributed by atoms with van der Waals surface area (Å²) in [5.74, 6) is 0.639. The van der Waals surface area contributed by atoms with Crippen LogP contribution in [0.15, 0.2) is 89.4 Å². The number of amides is 1. The summed E-state index contributed by atoms with van der Waals surface area (Å²) in [7, 11) is 0. The highest BCUT2D eigenvalue weighted by atomic mass is 16.5. The Morgan fingerprint density at radius 3 is 2.52 bits per heavy atom. The highest BCUT2D eigenvalue weighted by Crippen LogP contribution is 2.24. The predicted octanol–water partition coefficient (Wildman–Crippen LogP) is 5.92. The zero-order valence-corrected chi connectivity index (χ0v) is 18.1. The molecule has 0 aromatic heterocycles. The number of rotatable bonds is 7. The van der Waals surface area contributed by atoms with Crippen LogP contribution in [0.5, 0.6) is 0 Å². The number of hydrogen-bond acceptors (Lipinski definition) is 3. The van der Waals surface area contributed by atoms with Gasteiger partial charge in [-0.25, -0.2) is 4.99 Å². The molecule has 1 heterocycles. The Morgan fingerprint density at radius 1 is 1.06 bits per heavy atom. The molecule has 1 aliphatic heterocycles. The minimum Gasteiger partial charge on any atom is -0.472 e. The molecule has 1 amide bonds. The fraction of sp³-hybridized carbons (Fsp3) is 0.259. The van der Waals surface area contributed by atoms with E-state index in [2.05, 4.69) is 42.2 Å². The van der Waals surface area contributed by atoms with Crippen molar-refractivity contribution < 1.29 is 9.53 Å². The summed E-state index contributed by atoms with van der Waals surface area (Å²) >= 11 is 0. The molecule has 0 saturated heterocycles. The minimum absolute atomic E-state index is 0.0266. The van der Waals surface area contributed by atoms with Gasteiger partial charge in [-0.15, -0.1) is 0 Å². The van der Waals surface area contributed by atoms with E-state index in [1.807, 2.05) is 60.4 Å². The van der Waals surface area contributed by atoms with Crippen LogP contribution in [0.3, 0.4) is 0 Å². The van der Waals surface area contributed by atoms with Gasteiger partial charge < -0.3 is 9.64 Å². The second-order valence-electron chi connectivity index (χ2n) is 7.78. The van der Waals surface area contributed by atoms with Gasteiger partial charge in [0.05, 0.1) is 19.5 Å². The standard InChI is InChI=1S/C27H28N2O2/c1-3-21(27-28-18-25(4-2)31-27)17-26(30)29(24-12-6-5-7-13-24)19-20-14-15-22-10-8-9-11-23(22)16-20/h3,5-16,25H,4,17-19H2,1-2H3/b21-3+. The normalized spacial score (nSPS) is 16.1. The third kappa shape index (κ3) is 4.85. The number of anilines is 1. The Balaban J connectivity index is 1.58. The van der Waals surface area contributed by atoms with Crippen molar-refractivity contribution in [2.75, 3.05) is 11.4 Å². The number of nitrogens with zero attached hydrogens (tertiary/aromatic N) is 2. The molecule has 4 nitrogen and oxygen atoms in total. The van der Waals surface area contributed by atoms with Gasteiger partial charge in [0.25, 0.3) is 0 Å². The maximum atomic E-state index is 13.5. The van der Waals surface area contributed by atoms with E-state index in [-0.39, 0.29) is 18.4 Å². The lowest BCUT2D eigenvalue weighted by atomic mass is 10.1. The van der Waals surface area contributed by atoms with E-state index in [4.69, 9.17) is 4.74 Å². The molecule has 31 heavy (non-hydrogen) atoms. The third-order valence-electron chi connectivity index (χ3n) is 5.66. The molecule has 0 N–H and O–H groups in total. The van der Waals surface area contributed by atoms with Crippen molar-refractivity contribution in [2.45, 2.75) is 39.3 Å². The van der Waals surface area contributed by atoms with Gasteiger partial charge in [0.1, 0.15) is 6.10 Å². The Hall–Kier alpha value is -3.40. The Kier molecular flexibility index (Phi) is 6.46. The predicted molar refractivity (Wildman–Crippen MR) is 127 cm³/mol. The number of ether oxygens (including phenoxy) is 1. The molecule has 3 aromatic rings. The first-order chi connectivity index (χ1) is 15.2. The van der Waals surface area contributed by atoms with Crippen molar-refractivity contribution in [1.29, 1.82) is 0 Å². The topological polar surface area (TPSA) is 41.9 Å². The van der Waals surface area contributed by atoms with E-state index >= 15 is 0 Å². The molecule has 4 heteroatoms. The van der Waals surface area contributed by atoms with Crippen LogP contribution < -0.4 is 4.90 Å². The second kappa shape index (κ2) is 9.61. The number of aliphatic imine (C=N–C) groups is 1. The molecule has 1 aliphatic rings. The van der Waals surface area contributed by atoms with Crippen molar-refractivity contribution in [2.24, 2.45) is 4.99 Å². The van der Waals surface area contributed by atoms with Gasteiger partial charge in [0, 0.05) is 11.3 Å². The first-order valence-corrected chi connectivity index (χ1v) is 10.9. The van der Waals surface area contributed by atoms with Crippen LogP contribution >= 0.6 is 0 Å². The van der Waals surface area contributed by atoms with Gasteiger partial charge in [-0.1, -0.05) is 67.6 Å². The summed E-state index contributed by atoms with van der Waals surface area (Å²) in [6.45, 7) is 5.20. The number of fused-ring (bicyclic) bond motifs is 1. The van der Waals surface area contributed by atoms with Gasteiger partial charge in [-0.3, -0.25) is 4.79 Å². The molecule has 0 spiro atoms. The molecule has 4 rings (SSSR count). The van der Waals surface area contributed by atoms with Gasteiger partial charge in [0.15, 0.2) is 0 Å². The Bertz CT molecular complexity index is 1120. The number of allylic oxidation sites excluding steroid dienone is 1. The number of benzene rings is 3. The molecule has 1 unspecified atom stereocenters. The van der Waals surface area contributed by atoms with Gasteiger partial charge in [0.2, 0.25) is 11.8 Å². The summed E-state index contributed by atoms with van der Waals surface area (Å²) in [5, 5.41) is 2.37. The van der Waals surface area contributed by atoms with Crippen LogP contribution in [0.4, 0.5) is 5.69 Å². The molecule has 0 bridgehead atoms. The zero-order chi connectivity index (χ0) is 21.6. The number of para-hydroxylation sites is 1. The first kappa shape index (κ1) is 20.9. The smallest absolute Gasteiger partial charge is 0.231 e. The average Bonchev–Trinajstić information content (AvgIpc) is 3.30. The maximum absolute atomic E-state index is 13.5. The largest absolute Gasteiger partial charge is 0.472 e. The Morgan fingerprint density at radius 2 is 1.81 bits per heavy atom. The molecule has 0 radical (unpaired) electrons. The highest BCUT2D eigenvalue weighted by molar-refractivity contribution is 6.03. The number of carbonyl (C=O) groups excluding carboxylic acids is 1. The molecule has 0 fully saturated rings. The summed E-state index contributed by atoms with van der Waals surface area (Å²) in [6.07, 6.45) is 3.22. The van der Waals surface area contributed by atoms with Gasteiger partial charge >= 0.3 is 0 Å². The molecule has 158 valence electrons. The van der Waals surface area contributed by atoms with Crippen LogP contribution in [0.1, 0.15) is 32.3 Å². The zero-order valence-electron chi connectivity index (χ0n) is 18.1. The number of carbonyl (C=O) groups is 1. The molecule has 1 atom stereocenters. The van der Waals surface area contributed by atoms with Crippen LogP contribution in [0.2, 0.25) is 0 Å². The van der Waals surface area contributed by atoms with E-state index in [9.17, 15) is 4.79 Å². The average molecular weight is 413 g/mol. The van der Waals surface area contributed by atoms with Gasteiger partial charge in [-0.2, -0.15) is 0 Å². The lowest BCUT2D eigenvalue weighted by Crippen LogP contribution is -2.31. The van der Waals surface area contributed by atoms with Crippen LogP contribution in [-0.2, 0) is 16.1 Å². The van der Waals surface area contributed by atoms with Crippen molar-refractivity contribution in [1.82, 2.24) is 0 Å². The first-order valence-electron chi connectivity index (χ1n) is 10.9. The van der Waals surface area contributed by atoms with Crippen LogP contribution in [0, 0.1) is 0 Å². The van der Waals surface area contributed by atoms with Crippen molar-refractivity contribution in [3.63, 3.8) is 0 Å². The van der Waals surface area contributed by atoms with E-state index in [0.29, 0.717) is 19.0 Å². The van der Waals surface area contributed by atoms with Crippen LogP contribution in [0.25, 0.3) is 10.8 Å². The fourth-order valence-electron chi connectivity index (χ4n) is 3.82. The highest BCUT2D eigenvalue weighted by Gasteiger charge is 2.25. The molecular formula is C27H28N2O2. The molecule has 0 saturated carbocycles. The lowest BCUT2D eigenvalue weighted by Gasteiger charge is -2.24. The monoisotopic (exact) mass is 412 g/mol. The molecule has 0 aliphatic carbocycles. The lowest BCUT2D eigenvalue weighted by molar-refractivity contribution is -0.118. The molecule has 3 aromatic carbocycles. The van der Waals surface area contributed by atoms with Crippen molar-refractivity contribution in [3.05, 3.63) is 90.0 Å². The SMILES string of the molecule is C/C=C(\CC(=O)N(Cc1ccc2ccccc2c1)c1ccccc1)C1=NCC(CC)O1. The summed E-state index contributed by atoms with van der Waals surface area (Å²) < 4.78 is 5.93. The second-order valence-corrected chi connectivity index (χ2v) is 7.78. The van der Waals surface area contributed by atoms with Crippen LogP contribution in [-0.4, -0.2) is 24.5 Å². The summed E-state index contributed by atoms with van der Waals surface area (Å²) in [5.41, 5.74) is 2.83. The van der Waals surface area contributed by atoms with Gasteiger partial charge in [-0.05, 0) is 47.9 Å². The summed E-state index contributed by atoms with van der Waals surface area (Å²) in [4.78, 5) is 19.8. The van der Waals surface area contributed by atoms with E-state index in [1.54, 1.807) is 0 Å². The number of hydrogen-bond donors (Lipinski definition) is 0.